The summed E-state index contributed by atoms with van der Waals surface area (Å²) >= 11 is 0. The van der Waals surface area contributed by atoms with Crippen LogP contribution in [0.25, 0.3) is 49.3 Å². The number of ether oxygens (including phenoxy) is 4. The molecular weight excluding hydrogens is 510 g/mol. The molecule has 0 atom stereocenters. The number of methoxy groups -OCH3 is 4. The van der Waals surface area contributed by atoms with Crippen molar-refractivity contribution < 1.29 is 35.8 Å². The monoisotopic (exact) mass is 537 g/mol. The Hall–Kier alpha value is -4.48. The van der Waals surface area contributed by atoms with Crippen molar-refractivity contribution in [3.8, 4) is 45.3 Å². The Morgan fingerprint density at radius 2 is 1.21 bits per heavy atom. The SMILES string of the molecule is COc1cc2c[n+]3ccc4c(OC)c(OC)ccc4c3cc2c(-c2ccc(-c3ccccc3)cc2)c1OC.[Cl-]. The van der Waals surface area contributed by atoms with E-state index < -0.39 is 0 Å². The van der Waals surface area contributed by atoms with Crippen LogP contribution < -0.4 is 35.8 Å². The maximum absolute atomic E-state index is 5.94. The van der Waals surface area contributed by atoms with Crippen molar-refractivity contribution in [1.82, 2.24) is 0 Å². The average Bonchev–Trinajstić information content (AvgIpc) is 2.98. The summed E-state index contributed by atoms with van der Waals surface area (Å²) in [5, 5.41) is 4.16. The lowest BCUT2D eigenvalue weighted by Gasteiger charge is -2.16. The fourth-order valence-electron chi connectivity index (χ4n) is 5.30. The molecule has 0 radical (unpaired) electrons. The van der Waals surface area contributed by atoms with Crippen LogP contribution in [0.5, 0.6) is 23.0 Å². The highest BCUT2D eigenvalue weighted by molar-refractivity contribution is 6.06. The van der Waals surface area contributed by atoms with E-state index in [4.69, 9.17) is 18.9 Å². The predicted octanol–water partition coefficient (Wildman–Crippen LogP) is 4.10. The molecule has 2 heterocycles. The highest BCUT2D eigenvalue weighted by atomic mass is 35.5. The van der Waals surface area contributed by atoms with Crippen LogP contribution in [0.3, 0.4) is 0 Å². The Bertz CT molecular complexity index is 1800. The van der Waals surface area contributed by atoms with Gasteiger partial charge < -0.3 is 31.4 Å². The van der Waals surface area contributed by atoms with E-state index >= 15 is 0 Å². The molecule has 0 aliphatic carbocycles. The number of aromatic nitrogens is 1. The van der Waals surface area contributed by atoms with E-state index in [1.165, 1.54) is 5.56 Å². The lowest BCUT2D eigenvalue weighted by Crippen LogP contribution is -3.00. The Labute approximate surface area is 233 Å². The first-order chi connectivity index (χ1) is 18.7. The molecule has 0 saturated heterocycles. The maximum atomic E-state index is 5.94. The van der Waals surface area contributed by atoms with Crippen LogP contribution in [0.4, 0.5) is 0 Å². The summed E-state index contributed by atoms with van der Waals surface area (Å²) in [5.74, 6) is 2.82. The van der Waals surface area contributed by atoms with Crippen LogP contribution in [-0.2, 0) is 0 Å². The van der Waals surface area contributed by atoms with Crippen LogP contribution in [0.15, 0.2) is 97.3 Å². The van der Waals surface area contributed by atoms with E-state index in [0.29, 0.717) is 17.2 Å². The zero-order chi connectivity index (χ0) is 26.2. The number of benzene rings is 4. The number of fused-ring (bicyclic) bond motifs is 4. The molecule has 0 amide bonds. The zero-order valence-electron chi connectivity index (χ0n) is 22.2. The second-order valence-electron chi connectivity index (χ2n) is 9.08. The van der Waals surface area contributed by atoms with Gasteiger partial charge in [0.05, 0.1) is 39.2 Å². The molecule has 0 bridgehead atoms. The van der Waals surface area contributed by atoms with Gasteiger partial charge in [0.25, 0.3) is 0 Å². The molecular formula is C33H28ClNO4. The van der Waals surface area contributed by atoms with Crippen molar-refractivity contribution in [1.29, 1.82) is 0 Å². The Kier molecular flexibility index (Phi) is 7.18. The van der Waals surface area contributed by atoms with E-state index in [0.717, 1.165) is 49.5 Å². The van der Waals surface area contributed by atoms with Crippen LogP contribution in [0, 0.1) is 0 Å². The minimum absolute atomic E-state index is 0. The molecule has 6 rings (SSSR count). The first-order valence-electron chi connectivity index (χ1n) is 12.4. The Balaban J connectivity index is 0.00000308. The summed E-state index contributed by atoms with van der Waals surface area (Å²) in [5.41, 5.74) is 5.43. The molecule has 196 valence electrons. The van der Waals surface area contributed by atoms with Crippen molar-refractivity contribution in [3.05, 3.63) is 97.3 Å². The minimum atomic E-state index is 0. The number of hydrogen-bond acceptors (Lipinski definition) is 4. The predicted molar refractivity (Wildman–Crippen MR) is 152 cm³/mol. The average molecular weight is 538 g/mol. The number of nitrogens with zero attached hydrogens (tertiary/aromatic N) is 1. The fourth-order valence-corrected chi connectivity index (χ4v) is 5.30. The lowest BCUT2D eigenvalue weighted by atomic mass is 9.94. The summed E-state index contributed by atoms with van der Waals surface area (Å²) in [6.07, 6.45) is 4.18. The minimum Gasteiger partial charge on any atom is -1.00 e. The van der Waals surface area contributed by atoms with Gasteiger partial charge in [0, 0.05) is 28.5 Å². The van der Waals surface area contributed by atoms with Gasteiger partial charge in [-0.3, -0.25) is 0 Å². The third-order valence-electron chi connectivity index (χ3n) is 7.12. The van der Waals surface area contributed by atoms with Crippen LogP contribution in [-0.4, -0.2) is 28.4 Å². The summed E-state index contributed by atoms with van der Waals surface area (Å²) in [6.45, 7) is 0. The molecule has 0 aliphatic heterocycles. The third-order valence-corrected chi connectivity index (χ3v) is 7.12. The molecule has 39 heavy (non-hydrogen) atoms. The standard InChI is InChI=1S/C33H28NO4.ClH/c1-35-29-15-14-25-26(32(29)37-3)16-17-34-20-24-18-30(36-2)33(38-4)31(27(24)19-28(25)34)23-12-10-22(11-13-23)21-8-6-5-7-9-21;/h5-20H,1-4H3;1H/q+1;/p-1. The van der Waals surface area contributed by atoms with Gasteiger partial charge in [0.2, 0.25) is 5.52 Å². The molecule has 0 spiro atoms. The van der Waals surface area contributed by atoms with E-state index in [-0.39, 0.29) is 12.4 Å². The van der Waals surface area contributed by atoms with Crippen molar-refractivity contribution in [2.24, 2.45) is 0 Å². The van der Waals surface area contributed by atoms with Crippen molar-refractivity contribution in [3.63, 3.8) is 0 Å². The van der Waals surface area contributed by atoms with Crippen LogP contribution in [0.1, 0.15) is 0 Å². The summed E-state index contributed by atoms with van der Waals surface area (Å²) < 4.78 is 25.1. The van der Waals surface area contributed by atoms with Gasteiger partial charge >= 0.3 is 0 Å². The normalized spacial score (nSPS) is 10.9. The highest BCUT2D eigenvalue weighted by Gasteiger charge is 2.22. The highest BCUT2D eigenvalue weighted by Crippen LogP contribution is 2.45. The molecule has 0 aliphatic rings. The van der Waals surface area contributed by atoms with Gasteiger partial charge in [-0.05, 0) is 34.9 Å². The van der Waals surface area contributed by atoms with Gasteiger partial charge in [0.1, 0.15) is 0 Å². The Morgan fingerprint density at radius 1 is 0.538 bits per heavy atom. The first kappa shape index (κ1) is 26.1. The molecule has 0 fully saturated rings. The maximum Gasteiger partial charge on any atom is 0.219 e. The zero-order valence-corrected chi connectivity index (χ0v) is 23.0. The smallest absolute Gasteiger partial charge is 0.219 e. The second kappa shape index (κ2) is 10.7. The topological polar surface area (TPSA) is 41.0 Å². The van der Waals surface area contributed by atoms with E-state index in [1.807, 2.05) is 24.4 Å². The van der Waals surface area contributed by atoms with Crippen molar-refractivity contribution in [2.45, 2.75) is 0 Å². The van der Waals surface area contributed by atoms with E-state index in [9.17, 15) is 0 Å². The molecule has 6 aromatic rings. The first-order valence-corrected chi connectivity index (χ1v) is 12.4. The molecule has 0 saturated carbocycles. The summed E-state index contributed by atoms with van der Waals surface area (Å²) in [6, 6.07) is 29.3. The van der Waals surface area contributed by atoms with Crippen molar-refractivity contribution >= 4 is 27.1 Å². The van der Waals surface area contributed by atoms with Gasteiger partial charge in [-0.2, -0.15) is 4.40 Å². The van der Waals surface area contributed by atoms with E-state index in [2.05, 4.69) is 77.3 Å². The molecule has 4 aromatic carbocycles. The van der Waals surface area contributed by atoms with Gasteiger partial charge in [-0.15, -0.1) is 0 Å². The summed E-state index contributed by atoms with van der Waals surface area (Å²) in [4.78, 5) is 0. The lowest BCUT2D eigenvalue weighted by molar-refractivity contribution is -0.509. The number of rotatable bonds is 6. The molecule has 6 heteroatoms. The second-order valence-corrected chi connectivity index (χ2v) is 9.08. The number of pyridine rings is 2. The van der Waals surface area contributed by atoms with Gasteiger partial charge in [-0.25, -0.2) is 0 Å². The summed E-state index contributed by atoms with van der Waals surface area (Å²) in [7, 11) is 6.69. The van der Waals surface area contributed by atoms with Crippen molar-refractivity contribution in [2.75, 3.05) is 28.4 Å². The largest absolute Gasteiger partial charge is 1.00 e. The number of halogens is 1. The quantitative estimate of drug-likeness (QED) is 0.182. The molecule has 0 N–H and O–H groups in total. The fraction of sp³-hybridized carbons (Fsp3) is 0.121. The van der Waals surface area contributed by atoms with Crippen LogP contribution in [0.2, 0.25) is 0 Å². The Morgan fingerprint density at radius 3 is 1.87 bits per heavy atom. The molecule has 0 unspecified atom stereocenters. The third kappa shape index (κ3) is 4.35. The molecule has 2 aromatic heterocycles. The van der Waals surface area contributed by atoms with Gasteiger partial charge in [0.15, 0.2) is 35.4 Å². The van der Waals surface area contributed by atoms with E-state index in [1.54, 1.807) is 28.4 Å². The number of hydrogen-bond donors (Lipinski definition) is 0. The van der Waals surface area contributed by atoms with Crippen LogP contribution >= 0.6 is 0 Å². The molecule has 5 nitrogen and oxygen atoms in total. The van der Waals surface area contributed by atoms with Gasteiger partial charge in [-0.1, -0.05) is 54.6 Å².